The summed E-state index contributed by atoms with van der Waals surface area (Å²) in [5, 5.41) is 3.01. The Morgan fingerprint density at radius 3 is 2.58 bits per heavy atom. The Kier molecular flexibility index (Phi) is 7.01. The first kappa shape index (κ1) is 15.5. The quantitative estimate of drug-likeness (QED) is 0.553. The Hall–Kier alpha value is -1.51. The molecule has 0 aliphatic heterocycles. The van der Waals surface area contributed by atoms with Crippen LogP contribution in [-0.4, -0.2) is 5.91 Å². The first-order valence-electron chi connectivity index (χ1n) is 7.29. The SMILES string of the molecule is CCCCCCCC(=O)NC(C)c1ccccc1N. The number of carbonyl (C=O) groups excluding carboxylic acids is 1. The molecule has 0 saturated carbocycles. The van der Waals surface area contributed by atoms with Crippen molar-refractivity contribution in [3.05, 3.63) is 29.8 Å². The lowest BCUT2D eigenvalue weighted by atomic mass is 10.1. The first-order chi connectivity index (χ1) is 9.15. The van der Waals surface area contributed by atoms with E-state index >= 15 is 0 Å². The molecule has 1 rings (SSSR count). The van der Waals surface area contributed by atoms with E-state index in [4.69, 9.17) is 5.73 Å². The van der Waals surface area contributed by atoms with Crippen LogP contribution in [0.5, 0.6) is 0 Å². The van der Waals surface area contributed by atoms with Crippen LogP contribution in [0.3, 0.4) is 0 Å². The van der Waals surface area contributed by atoms with E-state index in [2.05, 4.69) is 12.2 Å². The monoisotopic (exact) mass is 262 g/mol. The van der Waals surface area contributed by atoms with Crippen LogP contribution in [0.1, 0.15) is 64.0 Å². The van der Waals surface area contributed by atoms with E-state index in [0.29, 0.717) is 6.42 Å². The number of benzene rings is 1. The molecule has 0 saturated heterocycles. The standard InChI is InChI=1S/C16H26N2O/c1-3-4-5-6-7-12-16(19)18-13(2)14-10-8-9-11-15(14)17/h8-11,13H,3-7,12,17H2,1-2H3,(H,18,19). The normalized spacial score (nSPS) is 12.1. The van der Waals surface area contributed by atoms with Crippen molar-refractivity contribution < 1.29 is 4.79 Å². The fourth-order valence-corrected chi connectivity index (χ4v) is 2.19. The highest BCUT2D eigenvalue weighted by Gasteiger charge is 2.11. The molecule has 0 spiro atoms. The van der Waals surface area contributed by atoms with E-state index < -0.39 is 0 Å². The van der Waals surface area contributed by atoms with Crippen LogP contribution < -0.4 is 11.1 Å². The van der Waals surface area contributed by atoms with Gasteiger partial charge in [0.2, 0.25) is 5.91 Å². The molecule has 0 aromatic heterocycles. The lowest BCUT2D eigenvalue weighted by Crippen LogP contribution is -2.26. The molecule has 1 amide bonds. The lowest BCUT2D eigenvalue weighted by Gasteiger charge is -2.16. The Morgan fingerprint density at radius 2 is 1.89 bits per heavy atom. The molecule has 0 radical (unpaired) electrons. The summed E-state index contributed by atoms with van der Waals surface area (Å²) in [6, 6.07) is 7.65. The molecule has 106 valence electrons. The fourth-order valence-electron chi connectivity index (χ4n) is 2.19. The number of amides is 1. The number of para-hydroxylation sites is 1. The van der Waals surface area contributed by atoms with Gasteiger partial charge in [-0.3, -0.25) is 4.79 Å². The molecule has 3 nitrogen and oxygen atoms in total. The largest absolute Gasteiger partial charge is 0.398 e. The Morgan fingerprint density at radius 1 is 1.21 bits per heavy atom. The van der Waals surface area contributed by atoms with Crippen molar-refractivity contribution in [2.45, 2.75) is 58.4 Å². The van der Waals surface area contributed by atoms with Gasteiger partial charge in [-0.2, -0.15) is 0 Å². The van der Waals surface area contributed by atoms with Gasteiger partial charge in [0.1, 0.15) is 0 Å². The summed E-state index contributed by atoms with van der Waals surface area (Å²) in [5.74, 6) is 0.118. The van der Waals surface area contributed by atoms with Gasteiger partial charge in [-0.1, -0.05) is 50.8 Å². The minimum atomic E-state index is -0.0238. The Balaban J connectivity index is 2.30. The lowest BCUT2D eigenvalue weighted by molar-refractivity contribution is -0.121. The van der Waals surface area contributed by atoms with Gasteiger partial charge in [0.25, 0.3) is 0 Å². The molecule has 0 aliphatic carbocycles. The van der Waals surface area contributed by atoms with Crippen LogP contribution in [0.4, 0.5) is 5.69 Å². The molecule has 0 aliphatic rings. The number of hydrogen-bond donors (Lipinski definition) is 2. The average Bonchev–Trinajstić information content (AvgIpc) is 2.39. The molecule has 1 atom stereocenters. The molecule has 0 fully saturated rings. The molecule has 0 heterocycles. The van der Waals surface area contributed by atoms with Crippen LogP contribution in [0.25, 0.3) is 0 Å². The fraction of sp³-hybridized carbons (Fsp3) is 0.562. The zero-order valence-corrected chi connectivity index (χ0v) is 12.1. The van der Waals surface area contributed by atoms with Crippen molar-refractivity contribution in [2.24, 2.45) is 0 Å². The van der Waals surface area contributed by atoms with Crippen molar-refractivity contribution in [3.63, 3.8) is 0 Å². The molecule has 1 aromatic rings. The number of rotatable bonds is 8. The summed E-state index contributed by atoms with van der Waals surface area (Å²) in [5.41, 5.74) is 7.62. The number of nitrogens with two attached hydrogens (primary N) is 1. The van der Waals surface area contributed by atoms with E-state index in [9.17, 15) is 4.79 Å². The number of carbonyl (C=O) groups is 1. The number of nitrogens with one attached hydrogen (secondary N) is 1. The summed E-state index contributed by atoms with van der Waals surface area (Å²) in [4.78, 5) is 11.8. The summed E-state index contributed by atoms with van der Waals surface area (Å²) in [6.07, 6.45) is 6.45. The second-order valence-corrected chi connectivity index (χ2v) is 5.08. The molecule has 0 bridgehead atoms. The van der Waals surface area contributed by atoms with Crippen LogP contribution in [0.2, 0.25) is 0 Å². The summed E-state index contributed by atoms with van der Waals surface area (Å²) in [6.45, 7) is 4.17. The third-order valence-electron chi connectivity index (χ3n) is 3.35. The van der Waals surface area contributed by atoms with Gasteiger partial charge in [0.05, 0.1) is 6.04 Å². The molecule has 3 heteroatoms. The van der Waals surface area contributed by atoms with E-state index in [1.807, 2.05) is 31.2 Å². The smallest absolute Gasteiger partial charge is 0.220 e. The van der Waals surface area contributed by atoms with Crippen LogP contribution in [0, 0.1) is 0 Å². The molecule has 1 aromatic carbocycles. The van der Waals surface area contributed by atoms with Crippen molar-refractivity contribution >= 4 is 11.6 Å². The predicted molar refractivity (Wildman–Crippen MR) is 80.8 cm³/mol. The van der Waals surface area contributed by atoms with Crippen molar-refractivity contribution in [3.8, 4) is 0 Å². The summed E-state index contributed by atoms with van der Waals surface area (Å²) < 4.78 is 0. The van der Waals surface area contributed by atoms with Crippen LogP contribution in [-0.2, 0) is 4.79 Å². The third-order valence-corrected chi connectivity index (χ3v) is 3.35. The molecule has 1 unspecified atom stereocenters. The topological polar surface area (TPSA) is 55.1 Å². The minimum Gasteiger partial charge on any atom is -0.398 e. The van der Waals surface area contributed by atoms with Gasteiger partial charge >= 0.3 is 0 Å². The highest BCUT2D eigenvalue weighted by atomic mass is 16.1. The van der Waals surface area contributed by atoms with E-state index in [1.54, 1.807) is 0 Å². The number of nitrogen functional groups attached to an aromatic ring is 1. The highest BCUT2D eigenvalue weighted by molar-refractivity contribution is 5.76. The number of unbranched alkanes of at least 4 members (excludes halogenated alkanes) is 4. The van der Waals surface area contributed by atoms with Crippen molar-refractivity contribution in [1.29, 1.82) is 0 Å². The second-order valence-electron chi connectivity index (χ2n) is 5.08. The van der Waals surface area contributed by atoms with Gasteiger partial charge in [0.15, 0.2) is 0 Å². The van der Waals surface area contributed by atoms with Gasteiger partial charge in [0, 0.05) is 12.1 Å². The highest BCUT2D eigenvalue weighted by Crippen LogP contribution is 2.19. The maximum absolute atomic E-state index is 11.8. The van der Waals surface area contributed by atoms with Crippen LogP contribution in [0.15, 0.2) is 24.3 Å². The van der Waals surface area contributed by atoms with Gasteiger partial charge in [-0.25, -0.2) is 0 Å². The third kappa shape index (κ3) is 5.77. The number of hydrogen-bond acceptors (Lipinski definition) is 2. The summed E-state index contributed by atoms with van der Waals surface area (Å²) >= 11 is 0. The van der Waals surface area contributed by atoms with E-state index in [0.717, 1.165) is 24.1 Å². The second kappa shape index (κ2) is 8.57. The van der Waals surface area contributed by atoms with Gasteiger partial charge < -0.3 is 11.1 Å². The zero-order chi connectivity index (χ0) is 14.1. The van der Waals surface area contributed by atoms with Gasteiger partial charge in [-0.05, 0) is 25.0 Å². The molecule has 19 heavy (non-hydrogen) atoms. The maximum Gasteiger partial charge on any atom is 0.220 e. The molecular formula is C16H26N2O. The van der Waals surface area contributed by atoms with E-state index in [1.165, 1.54) is 19.3 Å². The van der Waals surface area contributed by atoms with Crippen molar-refractivity contribution in [1.82, 2.24) is 5.32 Å². The van der Waals surface area contributed by atoms with Crippen molar-refractivity contribution in [2.75, 3.05) is 5.73 Å². The van der Waals surface area contributed by atoms with Crippen LogP contribution >= 0.6 is 0 Å². The zero-order valence-electron chi connectivity index (χ0n) is 12.1. The Labute approximate surface area is 116 Å². The van der Waals surface area contributed by atoms with E-state index in [-0.39, 0.29) is 11.9 Å². The predicted octanol–water partition coefficient (Wildman–Crippen LogP) is 3.81. The Bertz CT molecular complexity index is 390. The number of anilines is 1. The minimum absolute atomic E-state index is 0.0238. The summed E-state index contributed by atoms with van der Waals surface area (Å²) in [7, 11) is 0. The van der Waals surface area contributed by atoms with Gasteiger partial charge in [-0.15, -0.1) is 0 Å². The molecular weight excluding hydrogens is 236 g/mol. The molecule has 3 N–H and O–H groups in total. The first-order valence-corrected chi connectivity index (χ1v) is 7.29. The average molecular weight is 262 g/mol. The maximum atomic E-state index is 11.8.